The van der Waals surface area contributed by atoms with E-state index in [1.807, 2.05) is 24.3 Å². The zero-order chi connectivity index (χ0) is 23.5. The van der Waals surface area contributed by atoms with Crippen molar-refractivity contribution in [3.63, 3.8) is 0 Å². The van der Waals surface area contributed by atoms with E-state index in [9.17, 15) is 4.79 Å². The quantitative estimate of drug-likeness (QED) is 0.294. The van der Waals surface area contributed by atoms with E-state index >= 15 is 0 Å². The van der Waals surface area contributed by atoms with Crippen molar-refractivity contribution < 1.29 is 4.79 Å². The number of amides is 1. The van der Waals surface area contributed by atoms with Crippen LogP contribution in [0.1, 0.15) is 65.2 Å². The maximum absolute atomic E-state index is 13.1. The summed E-state index contributed by atoms with van der Waals surface area (Å²) in [6, 6.07) is 10.1. The van der Waals surface area contributed by atoms with Crippen molar-refractivity contribution in [2.24, 2.45) is 23.2 Å². The Balaban J connectivity index is 1.17. The molecule has 1 heterocycles. The SMILES string of the molecule is CC/C=C(\C)CNCCNc1ccc2c(NC(=O)CC34CC5CC(CC(C5)C3)C4)cccc2n1. The summed E-state index contributed by atoms with van der Waals surface area (Å²) < 4.78 is 0. The minimum atomic E-state index is 0.176. The molecule has 5 heteroatoms. The number of nitrogens with zero attached hydrogens (tertiary/aromatic N) is 1. The number of hydrogen-bond donors (Lipinski definition) is 3. The summed E-state index contributed by atoms with van der Waals surface area (Å²) in [6.07, 6.45) is 12.1. The largest absolute Gasteiger partial charge is 0.369 e. The first-order chi connectivity index (χ1) is 16.5. The van der Waals surface area contributed by atoms with Gasteiger partial charge in [0.1, 0.15) is 5.82 Å². The van der Waals surface area contributed by atoms with Crippen molar-refractivity contribution in [3.05, 3.63) is 42.0 Å². The molecule has 4 aliphatic rings. The van der Waals surface area contributed by atoms with Gasteiger partial charge in [-0.2, -0.15) is 0 Å². The van der Waals surface area contributed by atoms with E-state index in [2.05, 4.69) is 41.9 Å². The van der Waals surface area contributed by atoms with Gasteiger partial charge in [0, 0.05) is 31.4 Å². The van der Waals surface area contributed by atoms with E-state index in [1.165, 1.54) is 44.1 Å². The topological polar surface area (TPSA) is 66.0 Å². The zero-order valence-electron chi connectivity index (χ0n) is 20.8. The number of nitrogens with one attached hydrogen (secondary N) is 3. The van der Waals surface area contributed by atoms with Crippen LogP contribution in [-0.4, -0.2) is 30.5 Å². The maximum atomic E-state index is 13.1. The summed E-state index contributed by atoms with van der Waals surface area (Å²) in [5.74, 6) is 3.67. The van der Waals surface area contributed by atoms with Gasteiger partial charge in [-0.05, 0) is 99.3 Å². The lowest BCUT2D eigenvalue weighted by Crippen LogP contribution is -2.47. The number of pyridine rings is 1. The molecule has 2 aromatic rings. The Bertz CT molecular complexity index is 1020. The Morgan fingerprint density at radius 1 is 1.06 bits per heavy atom. The average Bonchev–Trinajstić information content (AvgIpc) is 2.78. The highest BCUT2D eigenvalue weighted by Crippen LogP contribution is 2.61. The van der Waals surface area contributed by atoms with Crippen LogP contribution in [0.4, 0.5) is 11.5 Å². The first-order valence-corrected chi connectivity index (χ1v) is 13.3. The van der Waals surface area contributed by atoms with Gasteiger partial charge >= 0.3 is 0 Å². The van der Waals surface area contributed by atoms with Gasteiger partial charge in [0.05, 0.1) is 11.2 Å². The minimum Gasteiger partial charge on any atom is -0.369 e. The van der Waals surface area contributed by atoms with Crippen molar-refractivity contribution in [1.29, 1.82) is 0 Å². The lowest BCUT2D eigenvalue weighted by molar-refractivity contribution is -0.124. The van der Waals surface area contributed by atoms with Crippen LogP contribution in [0.5, 0.6) is 0 Å². The number of hydrogen-bond acceptors (Lipinski definition) is 4. The van der Waals surface area contributed by atoms with E-state index < -0.39 is 0 Å². The van der Waals surface area contributed by atoms with Gasteiger partial charge in [0.2, 0.25) is 5.91 Å². The fourth-order valence-electron chi connectivity index (χ4n) is 7.39. The maximum Gasteiger partial charge on any atom is 0.224 e. The van der Waals surface area contributed by atoms with E-state index in [0.717, 1.165) is 66.2 Å². The van der Waals surface area contributed by atoms with Crippen LogP contribution in [0.25, 0.3) is 10.9 Å². The Labute approximate surface area is 204 Å². The highest BCUT2D eigenvalue weighted by atomic mass is 16.1. The molecule has 0 spiro atoms. The van der Waals surface area contributed by atoms with Crippen molar-refractivity contribution in [2.75, 3.05) is 30.3 Å². The smallest absolute Gasteiger partial charge is 0.224 e. The molecule has 1 aromatic heterocycles. The summed E-state index contributed by atoms with van der Waals surface area (Å²) in [5.41, 5.74) is 3.43. The molecule has 1 aromatic carbocycles. The van der Waals surface area contributed by atoms with Crippen LogP contribution in [-0.2, 0) is 4.79 Å². The average molecular weight is 461 g/mol. The first-order valence-electron chi connectivity index (χ1n) is 13.3. The third-order valence-corrected chi connectivity index (χ3v) is 8.27. The molecule has 182 valence electrons. The molecule has 1 amide bonds. The van der Waals surface area contributed by atoms with Gasteiger partial charge in [-0.3, -0.25) is 4.79 Å². The highest BCUT2D eigenvalue weighted by Gasteiger charge is 2.51. The third kappa shape index (κ3) is 5.30. The minimum absolute atomic E-state index is 0.176. The second-order valence-electron chi connectivity index (χ2n) is 11.3. The first kappa shape index (κ1) is 23.3. The molecule has 6 rings (SSSR count). The van der Waals surface area contributed by atoms with Gasteiger partial charge in [-0.15, -0.1) is 0 Å². The molecule has 4 bridgehead atoms. The third-order valence-electron chi connectivity index (χ3n) is 8.27. The number of aromatic nitrogens is 1. The van der Waals surface area contributed by atoms with Gasteiger partial charge in [-0.1, -0.05) is 24.6 Å². The summed E-state index contributed by atoms with van der Waals surface area (Å²) >= 11 is 0. The Kier molecular flexibility index (Phi) is 6.91. The second-order valence-corrected chi connectivity index (χ2v) is 11.3. The van der Waals surface area contributed by atoms with Crippen molar-refractivity contribution in [1.82, 2.24) is 10.3 Å². The molecular formula is C29H40N4O. The Hall–Kier alpha value is -2.40. The van der Waals surface area contributed by atoms with Crippen LogP contribution in [0.2, 0.25) is 0 Å². The van der Waals surface area contributed by atoms with Crippen LogP contribution >= 0.6 is 0 Å². The van der Waals surface area contributed by atoms with Gasteiger partial charge in [-0.25, -0.2) is 4.98 Å². The number of benzene rings is 1. The van der Waals surface area contributed by atoms with Crippen LogP contribution in [0, 0.1) is 23.2 Å². The monoisotopic (exact) mass is 460 g/mol. The number of allylic oxidation sites excluding steroid dienone is 1. The van der Waals surface area contributed by atoms with Gasteiger partial charge in [0.15, 0.2) is 0 Å². The van der Waals surface area contributed by atoms with Crippen LogP contribution in [0.3, 0.4) is 0 Å². The summed E-state index contributed by atoms with van der Waals surface area (Å²) in [6.45, 7) is 6.95. The highest BCUT2D eigenvalue weighted by molar-refractivity contribution is 6.01. The van der Waals surface area contributed by atoms with Crippen LogP contribution < -0.4 is 16.0 Å². The lowest BCUT2D eigenvalue weighted by Gasteiger charge is -2.56. The Morgan fingerprint density at radius 2 is 1.79 bits per heavy atom. The summed E-state index contributed by atoms with van der Waals surface area (Å²) in [7, 11) is 0. The predicted molar refractivity (Wildman–Crippen MR) is 141 cm³/mol. The molecule has 34 heavy (non-hydrogen) atoms. The van der Waals surface area contributed by atoms with E-state index in [-0.39, 0.29) is 11.3 Å². The van der Waals surface area contributed by atoms with Gasteiger partial charge in [0.25, 0.3) is 0 Å². The Morgan fingerprint density at radius 3 is 2.50 bits per heavy atom. The molecular weight excluding hydrogens is 420 g/mol. The lowest BCUT2D eigenvalue weighted by atomic mass is 9.49. The normalized spacial score (nSPS) is 27.8. The van der Waals surface area contributed by atoms with E-state index in [0.29, 0.717) is 6.42 Å². The number of fused-ring (bicyclic) bond motifs is 1. The molecule has 4 aliphatic carbocycles. The molecule has 0 aliphatic heterocycles. The fourth-order valence-corrected chi connectivity index (χ4v) is 7.39. The van der Waals surface area contributed by atoms with E-state index in [4.69, 9.17) is 4.98 Å². The van der Waals surface area contributed by atoms with Crippen LogP contribution in [0.15, 0.2) is 42.0 Å². The van der Waals surface area contributed by atoms with Crippen molar-refractivity contribution >= 4 is 28.3 Å². The molecule has 4 fully saturated rings. The molecule has 0 atom stereocenters. The van der Waals surface area contributed by atoms with E-state index in [1.54, 1.807) is 0 Å². The number of carbonyl (C=O) groups is 1. The summed E-state index contributed by atoms with van der Waals surface area (Å²) in [4.78, 5) is 17.9. The fraction of sp³-hybridized carbons (Fsp3) is 0.586. The van der Waals surface area contributed by atoms with Gasteiger partial charge < -0.3 is 16.0 Å². The number of rotatable bonds is 10. The van der Waals surface area contributed by atoms with Crippen molar-refractivity contribution in [2.45, 2.75) is 65.2 Å². The predicted octanol–water partition coefficient (Wildman–Crippen LogP) is 6.14. The number of carbonyl (C=O) groups excluding carboxylic acids is 1. The second kappa shape index (κ2) is 10.1. The zero-order valence-corrected chi connectivity index (χ0v) is 20.8. The standard InChI is InChI=1S/C29H40N4O/c1-3-5-20(2)19-30-10-11-31-27-9-8-24-25(32-27)6-4-7-26(24)33-28(34)18-29-15-21-12-22(16-29)14-23(13-21)17-29/h4-9,21-23,30H,3,10-19H2,1-2H3,(H,31,32)(H,33,34)/b20-5+. The molecule has 5 nitrogen and oxygen atoms in total. The van der Waals surface area contributed by atoms with Crippen molar-refractivity contribution in [3.8, 4) is 0 Å². The number of anilines is 2. The molecule has 0 unspecified atom stereocenters. The molecule has 0 radical (unpaired) electrons. The molecule has 3 N–H and O–H groups in total. The summed E-state index contributed by atoms with van der Waals surface area (Å²) in [5, 5.41) is 11.1. The molecule has 4 saturated carbocycles. The molecule has 0 saturated heterocycles.